The highest BCUT2D eigenvalue weighted by Crippen LogP contribution is 2.51. The first-order valence-electron chi connectivity index (χ1n) is 24.1. The van der Waals surface area contributed by atoms with Crippen LogP contribution in [0.25, 0.3) is 76.1 Å². The predicted molar refractivity (Wildman–Crippen MR) is 298 cm³/mol. The molecule has 2 heteroatoms. The van der Waals surface area contributed by atoms with Gasteiger partial charge >= 0.3 is 0 Å². The number of anilines is 6. The fraction of sp³-hybridized carbons (Fsp3) is 0.0746. The van der Waals surface area contributed by atoms with Crippen LogP contribution in [0, 0.1) is 34.6 Å². The Morgan fingerprint density at radius 2 is 0.623 bits per heavy atom. The van der Waals surface area contributed by atoms with Crippen molar-refractivity contribution >= 4 is 88.0 Å². The number of rotatable bonds is 8. The Morgan fingerprint density at radius 3 is 1.09 bits per heavy atom. The molecule has 0 aromatic heterocycles. The second kappa shape index (κ2) is 17.0. The molecule has 0 aliphatic rings. The first-order chi connectivity index (χ1) is 33.8. The maximum absolute atomic E-state index is 2.54. The van der Waals surface area contributed by atoms with E-state index in [4.69, 9.17) is 0 Å². The van der Waals surface area contributed by atoms with Gasteiger partial charge in [0.25, 0.3) is 0 Å². The van der Waals surface area contributed by atoms with Gasteiger partial charge in [0.2, 0.25) is 0 Å². The van der Waals surface area contributed by atoms with Gasteiger partial charge in [0, 0.05) is 32.9 Å². The molecule has 0 aliphatic heterocycles. The molecule has 69 heavy (non-hydrogen) atoms. The summed E-state index contributed by atoms with van der Waals surface area (Å²) in [4.78, 5) is 5.07. The molecule has 0 fully saturated rings. The second-order valence-electron chi connectivity index (χ2n) is 18.9. The van der Waals surface area contributed by atoms with Crippen molar-refractivity contribution in [2.45, 2.75) is 34.6 Å². The summed E-state index contributed by atoms with van der Waals surface area (Å²) in [7, 11) is 0. The lowest BCUT2D eigenvalue weighted by atomic mass is 9.88. The van der Waals surface area contributed by atoms with Crippen LogP contribution in [0.2, 0.25) is 0 Å². The van der Waals surface area contributed by atoms with E-state index in [9.17, 15) is 0 Å². The third kappa shape index (κ3) is 7.37. The molecular weight excluding hydrogens is 833 g/mol. The Bertz CT molecular complexity index is 3940. The maximum Gasteiger partial charge on any atom is 0.0547 e. The lowest BCUT2D eigenvalue weighted by molar-refractivity contribution is 1.29. The zero-order valence-electron chi connectivity index (χ0n) is 39.8. The molecule has 12 aromatic carbocycles. The average Bonchev–Trinajstić information content (AvgIpc) is 3.36. The van der Waals surface area contributed by atoms with Crippen molar-refractivity contribution in [1.82, 2.24) is 0 Å². The van der Waals surface area contributed by atoms with E-state index in [0.717, 1.165) is 44.9 Å². The Morgan fingerprint density at radius 1 is 0.246 bits per heavy atom. The first kappa shape index (κ1) is 41.9. The zero-order valence-corrected chi connectivity index (χ0v) is 39.8. The lowest BCUT2D eigenvalue weighted by Gasteiger charge is -2.32. The first-order valence-corrected chi connectivity index (χ1v) is 24.1. The van der Waals surface area contributed by atoms with Gasteiger partial charge in [-0.3, -0.25) is 0 Å². The topological polar surface area (TPSA) is 6.48 Å². The molecule has 0 unspecified atom stereocenters. The van der Waals surface area contributed by atoms with Crippen LogP contribution in [-0.2, 0) is 0 Å². The van der Waals surface area contributed by atoms with Gasteiger partial charge in [-0.05, 0) is 172 Å². The minimum Gasteiger partial charge on any atom is -0.309 e. The molecule has 0 amide bonds. The number of fused-ring (bicyclic) bond motifs is 5. The Kier molecular flexibility index (Phi) is 10.3. The number of hydrogen-bond donors (Lipinski definition) is 0. The van der Waals surface area contributed by atoms with Gasteiger partial charge in [0.15, 0.2) is 0 Å². The third-order valence-electron chi connectivity index (χ3n) is 14.2. The second-order valence-corrected chi connectivity index (χ2v) is 18.9. The largest absolute Gasteiger partial charge is 0.309 e. The van der Waals surface area contributed by atoms with E-state index >= 15 is 0 Å². The summed E-state index contributed by atoms with van der Waals surface area (Å²) >= 11 is 0. The van der Waals surface area contributed by atoms with E-state index in [1.165, 1.54) is 93.2 Å². The molecule has 0 saturated heterocycles. The van der Waals surface area contributed by atoms with Crippen LogP contribution in [0.4, 0.5) is 34.1 Å². The van der Waals surface area contributed by atoms with E-state index in [2.05, 4.69) is 269 Å². The molecule has 0 aliphatic carbocycles. The van der Waals surface area contributed by atoms with Crippen LogP contribution in [-0.4, -0.2) is 0 Å². The fourth-order valence-electron chi connectivity index (χ4n) is 11.2. The monoisotopic (exact) mass is 884 g/mol. The molecule has 12 rings (SSSR count). The van der Waals surface area contributed by atoms with Crippen molar-refractivity contribution < 1.29 is 0 Å². The van der Waals surface area contributed by atoms with Gasteiger partial charge in [-0.25, -0.2) is 0 Å². The molecule has 0 spiro atoms. The van der Waals surface area contributed by atoms with Crippen LogP contribution in [0.1, 0.15) is 27.8 Å². The van der Waals surface area contributed by atoms with Crippen LogP contribution in [0.3, 0.4) is 0 Å². The molecule has 0 saturated carbocycles. The van der Waals surface area contributed by atoms with Gasteiger partial charge < -0.3 is 9.80 Å². The normalized spacial score (nSPS) is 11.6. The summed E-state index contributed by atoms with van der Waals surface area (Å²) in [5.41, 5.74) is 17.8. The highest BCUT2D eigenvalue weighted by molar-refractivity contribution is 6.15. The predicted octanol–water partition coefficient (Wildman–Crippen LogP) is 19.3. The van der Waals surface area contributed by atoms with Gasteiger partial charge in [0.05, 0.1) is 22.7 Å². The van der Waals surface area contributed by atoms with E-state index in [1.54, 1.807) is 0 Å². The van der Waals surface area contributed by atoms with Crippen molar-refractivity contribution in [3.05, 3.63) is 252 Å². The summed E-state index contributed by atoms with van der Waals surface area (Å²) in [6, 6.07) is 83.7. The zero-order chi connectivity index (χ0) is 46.8. The minimum absolute atomic E-state index is 1.10. The van der Waals surface area contributed by atoms with Gasteiger partial charge in [-0.1, -0.05) is 169 Å². The van der Waals surface area contributed by atoms with Crippen LogP contribution < -0.4 is 9.80 Å². The maximum atomic E-state index is 2.54. The van der Waals surface area contributed by atoms with Crippen LogP contribution >= 0.6 is 0 Å². The smallest absolute Gasteiger partial charge is 0.0547 e. The van der Waals surface area contributed by atoms with Crippen molar-refractivity contribution in [3.63, 3.8) is 0 Å². The molecule has 2 nitrogen and oxygen atoms in total. The molecule has 0 atom stereocenters. The van der Waals surface area contributed by atoms with E-state index in [0.29, 0.717) is 0 Å². The highest BCUT2D eigenvalue weighted by atomic mass is 15.2. The summed E-state index contributed by atoms with van der Waals surface area (Å²) < 4.78 is 0. The van der Waals surface area contributed by atoms with Crippen molar-refractivity contribution in [2.24, 2.45) is 0 Å². The Balaban J connectivity index is 1.29. The summed E-state index contributed by atoms with van der Waals surface area (Å²) in [5.74, 6) is 0. The van der Waals surface area contributed by atoms with Crippen molar-refractivity contribution in [2.75, 3.05) is 9.80 Å². The van der Waals surface area contributed by atoms with E-state index in [-0.39, 0.29) is 0 Å². The third-order valence-corrected chi connectivity index (χ3v) is 14.2. The number of aryl methyl sites for hydroxylation is 5. The van der Waals surface area contributed by atoms with Gasteiger partial charge in [-0.2, -0.15) is 0 Å². The standard InChI is InChI=1S/C67H52N2/c1-43-35-46(4)67(47(5)36-43)55-40-61-60(65(42-55)69(57-34-32-49-20-7-9-24-53(49)38-57)63-30-16-26-51-22-11-13-28-59(51)63)39-54(66-44(2)17-14-18-45(66)3)41-64(61)68(56-33-31-48-19-6-8-23-52(48)37-56)62-29-15-25-50-21-10-12-27-58(50)62/h6-42H,1-5H3. The van der Waals surface area contributed by atoms with Crippen LogP contribution in [0.15, 0.2) is 224 Å². The van der Waals surface area contributed by atoms with Gasteiger partial charge in [-0.15, -0.1) is 0 Å². The number of nitrogens with zero attached hydrogens (tertiary/aromatic N) is 2. The summed E-state index contributed by atoms with van der Waals surface area (Å²) in [6.45, 7) is 11.3. The fourth-order valence-corrected chi connectivity index (χ4v) is 11.2. The minimum atomic E-state index is 1.10. The van der Waals surface area contributed by atoms with Crippen molar-refractivity contribution in [1.29, 1.82) is 0 Å². The van der Waals surface area contributed by atoms with E-state index in [1.807, 2.05) is 0 Å². The Hall–Kier alpha value is -8.46. The number of benzene rings is 12. The number of hydrogen-bond acceptors (Lipinski definition) is 2. The van der Waals surface area contributed by atoms with Gasteiger partial charge in [0.1, 0.15) is 0 Å². The molecule has 330 valence electrons. The van der Waals surface area contributed by atoms with E-state index < -0.39 is 0 Å². The van der Waals surface area contributed by atoms with Crippen molar-refractivity contribution in [3.8, 4) is 22.3 Å². The highest BCUT2D eigenvalue weighted by Gasteiger charge is 2.26. The quantitative estimate of drug-likeness (QED) is 0.150. The molecule has 0 radical (unpaired) electrons. The average molecular weight is 885 g/mol. The summed E-state index contributed by atoms with van der Waals surface area (Å²) in [6.07, 6.45) is 0. The lowest BCUT2D eigenvalue weighted by Crippen LogP contribution is -2.14. The Labute approximate surface area is 405 Å². The molecule has 0 bridgehead atoms. The molecule has 12 aromatic rings. The molecule has 0 heterocycles. The summed E-state index contributed by atoms with van der Waals surface area (Å²) in [5, 5.41) is 11.9. The van der Waals surface area contributed by atoms with Crippen LogP contribution in [0.5, 0.6) is 0 Å². The molecule has 0 N–H and O–H groups in total. The SMILES string of the molecule is Cc1cc(C)c(-c2cc(N(c3ccc4ccccc4c3)c3cccc4ccccc34)c3cc(-c4c(C)cccc4C)cc(N(c4ccc5ccccc5c4)c4cccc5ccccc45)c3c2)c(C)c1. The molecular formula is C67H52N2.